The van der Waals surface area contributed by atoms with Crippen molar-refractivity contribution in [3.8, 4) is 0 Å². The predicted octanol–water partition coefficient (Wildman–Crippen LogP) is 3.02. The fraction of sp³-hybridized carbons (Fsp3) is 0.350. The summed E-state index contributed by atoms with van der Waals surface area (Å²) in [5.74, 6) is -1.44. The number of nitrogens with zero attached hydrogens (tertiary/aromatic N) is 1. The van der Waals surface area contributed by atoms with Crippen LogP contribution in [0.1, 0.15) is 38.1 Å². The van der Waals surface area contributed by atoms with Gasteiger partial charge in [0.1, 0.15) is 9.88 Å². The molecule has 1 amide bonds. The fourth-order valence-corrected chi connectivity index (χ4v) is 4.56. The average Bonchev–Trinajstić information content (AvgIpc) is 3.17. The fourth-order valence-electron chi connectivity index (χ4n) is 3.43. The number of hydrogen-bond donors (Lipinski definition) is 1. The number of methoxy groups -OCH3 is 2. The van der Waals surface area contributed by atoms with E-state index in [1.54, 1.807) is 6.92 Å². The molecule has 0 saturated carbocycles. The van der Waals surface area contributed by atoms with Crippen molar-refractivity contribution in [2.24, 2.45) is 0 Å². The first-order valence-corrected chi connectivity index (χ1v) is 9.63. The summed E-state index contributed by atoms with van der Waals surface area (Å²) in [7, 11) is 2.52. The van der Waals surface area contributed by atoms with Crippen LogP contribution in [-0.4, -0.2) is 44.7 Å². The van der Waals surface area contributed by atoms with E-state index in [4.69, 9.17) is 9.47 Å². The van der Waals surface area contributed by atoms with Gasteiger partial charge in [0.2, 0.25) is 5.91 Å². The summed E-state index contributed by atoms with van der Waals surface area (Å²) in [4.78, 5) is 39.2. The van der Waals surface area contributed by atoms with Gasteiger partial charge in [0.25, 0.3) is 0 Å². The van der Waals surface area contributed by atoms with E-state index in [2.05, 4.69) is 18.3 Å². The number of benzene rings is 1. The number of esters is 2. The maximum Gasteiger partial charge on any atom is 0.348 e. The van der Waals surface area contributed by atoms with E-state index in [-0.39, 0.29) is 33.9 Å². The van der Waals surface area contributed by atoms with E-state index >= 15 is 0 Å². The van der Waals surface area contributed by atoms with Gasteiger partial charge in [-0.25, -0.2) is 9.59 Å². The van der Waals surface area contributed by atoms with E-state index in [0.717, 1.165) is 23.4 Å². The maximum absolute atomic E-state index is 12.7. The van der Waals surface area contributed by atoms with Crippen LogP contribution in [0.15, 0.2) is 24.3 Å². The SMILES string of the molecule is COC(=O)c1sc(NC(=O)CN2c3ccccc3C[C@@H]2C)c(C(=O)OC)c1C. The molecule has 1 aliphatic rings. The molecule has 1 N–H and O–H groups in total. The maximum atomic E-state index is 12.7. The van der Waals surface area contributed by atoms with Gasteiger partial charge in [0, 0.05) is 11.7 Å². The van der Waals surface area contributed by atoms with E-state index < -0.39 is 11.9 Å². The molecule has 0 unspecified atom stereocenters. The van der Waals surface area contributed by atoms with Crippen LogP contribution < -0.4 is 10.2 Å². The summed E-state index contributed by atoms with van der Waals surface area (Å²) in [6, 6.07) is 8.18. The Kier molecular flexibility index (Phi) is 5.69. The lowest BCUT2D eigenvalue weighted by Crippen LogP contribution is -2.37. The summed E-state index contributed by atoms with van der Waals surface area (Å²) in [5.41, 5.74) is 2.85. The summed E-state index contributed by atoms with van der Waals surface area (Å²) in [5, 5.41) is 3.06. The van der Waals surface area contributed by atoms with Gasteiger partial charge in [-0.15, -0.1) is 11.3 Å². The molecule has 0 saturated heterocycles. The highest BCUT2D eigenvalue weighted by molar-refractivity contribution is 7.18. The highest BCUT2D eigenvalue weighted by atomic mass is 32.1. The Morgan fingerprint density at radius 2 is 1.86 bits per heavy atom. The minimum Gasteiger partial charge on any atom is -0.465 e. The molecule has 7 nitrogen and oxygen atoms in total. The van der Waals surface area contributed by atoms with E-state index in [1.165, 1.54) is 19.8 Å². The number of nitrogens with one attached hydrogen (secondary N) is 1. The number of carbonyl (C=O) groups is 3. The molecule has 0 bridgehead atoms. The zero-order valence-corrected chi connectivity index (χ0v) is 17.0. The third-order valence-corrected chi connectivity index (χ3v) is 6.01. The molecule has 3 rings (SSSR count). The van der Waals surface area contributed by atoms with Crippen molar-refractivity contribution in [1.82, 2.24) is 0 Å². The number of ether oxygens (including phenoxy) is 2. The molecular formula is C20H22N2O5S. The first-order chi connectivity index (χ1) is 13.4. The van der Waals surface area contributed by atoms with Crippen LogP contribution in [0.4, 0.5) is 10.7 Å². The van der Waals surface area contributed by atoms with E-state index in [9.17, 15) is 14.4 Å². The molecule has 0 aliphatic carbocycles. The van der Waals surface area contributed by atoms with Crippen molar-refractivity contribution < 1.29 is 23.9 Å². The van der Waals surface area contributed by atoms with Gasteiger partial charge in [0.05, 0.1) is 26.3 Å². The number of anilines is 2. The van der Waals surface area contributed by atoms with Gasteiger partial charge in [-0.05, 0) is 37.5 Å². The Morgan fingerprint density at radius 3 is 2.54 bits per heavy atom. The first-order valence-electron chi connectivity index (χ1n) is 8.81. The molecule has 2 aromatic rings. The van der Waals surface area contributed by atoms with Gasteiger partial charge >= 0.3 is 11.9 Å². The Bertz CT molecular complexity index is 937. The number of para-hydroxylation sites is 1. The minimum atomic E-state index is -0.612. The third-order valence-electron chi connectivity index (χ3n) is 4.82. The molecular weight excluding hydrogens is 380 g/mol. The van der Waals surface area contributed by atoms with Gasteiger partial charge in [0.15, 0.2) is 0 Å². The number of hydrogen-bond acceptors (Lipinski definition) is 7. The highest BCUT2D eigenvalue weighted by Crippen LogP contribution is 2.35. The molecule has 28 heavy (non-hydrogen) atoms. The normalized spacial score (nSPS) is 15.1. The van der Waals surface area contributed by atoms with Crippen LogP contribution in [0, 0.1) is 6.92 Å². The molecule has 1 aliphatic heterocycles. The molecule has 1 aromatic carbocycles. The monoisotopic (exact) mass is 402 g/mol. The number of thiophene rings is 1. The third kappa shape index (κ3) is 3.60. The number of amides is 1. The Hall–Kier alpha value is -2.87. The topological polar surface area (TPSA) is 84.9 Å². The minimum absolute atomic E-state index is 0.142. The summed E-state index contributed by atoms with van der Waals surface area (Å²) >= 11 is 1.01. The highest BCUT2D eigenvalue weighted by Gasteiger charge is 2.30. The largest absolute Gasteiger partial charge is 0.465 e. The summed E-state index contributed by atoms with van der Waals surface area (Å²) in [6.07, 6.45) is 0.876. The summed E-state index contributed by atoms with van der Waals surface area (Å²) in [6.45, 7) is 3.84. The van der Waals surface area contributed by atoms with Crippen LogP contribution >= 0.6 is 11.3 Å². The first kappa shape index (κ1) is 19.9. The zero-order chi connectivity index (χ0) is 20.4. The second-order valence-electron chi connectivity index (χ2n) is 6.60. The number of fused-ring (bicyclic) bond motifs is 1. The van der Waals surface area contributed by atoms with E-state index in [0.29, 0.717) is 5.56 Å². The Morgan fingerprint density at radius 1 is 1.18 bits per heavy atom. The number of rotatable bonds is 5. The molecule has 0 fully saturated rings. The van der Waals surface area contributed by atoms with Crippen molar-refractivity contribution in [1.29, 1.82) is 0 Å². The van der Waals surface area contributed by atoms with Gasteiger partial charge in [-0.3, -0.25) is 4.79 Å². The van der Waals surface area contributed by atoms with E-state index in [1.807, 2.05) is 23.1 Å². The molecule has 0 radical (unpaired) electrons. The lowest BCUT2D eigenvalue weighted by atomic mass is 10.1. The summed E-state index contributed by atoms with van der Waals surface area (Å²) < 4.78 is 9.58. The molecule has 1 atom stereocenters. The van der Waals surface area contributed by atoms with Gasteiger partial charge in [-0.2, -0.15) is 0 Å². The second-order valence-corrected chi connectivity index (χ2v) is 7.62. The average molecular weight is 402 g/mol. The smallest absolute Gasteiger partial charge is 0.348 e. The van der Waals surface area contributed by atoms with Crippen molar-refractivity contribution >= 4 is 39.9 Å². The van der Waals surface area contributed by atoms with Crippen molar-refractivity contribution in [3.05, 3.63) is 45.8 Å². The lowest BCUT2D eigenvalue weighted by Gasteiger charge is -2.24. The van der Waals surface area contributed by atoms with Crippen LogP contribution in [0.25, 0.3) is 0 Å². The zero-order valence-electron chi connectivity index (χ0n) is 16.2. The number of carbonyl (C=O) groups excluding carboxylic acids is 3. The Balaban J connectivity index is 1.84. The molecule has 148 valence electrons. The molecule has 1 aromatic heterocycles. The van der Waals surface area contributed by atoms with Gasteiger partial charge in [-0.1, -0.05) is 18.2 Å². The molecule has 2 heterocycles. The van der Waals surface area contributed by atoms with Crippen LogP contribution in [-0.2, 0) is 20.7 Å². The quantitative estimate of drug-likeness (QED) is 0.774. The van der Waals surface area contributed by atoms with Crippen molar-refractivity contribution in [2.45, 2.75) is 26.3 Å². The second kappa shape index (κ2) is 8.02. The van der Waals surface area contributed by atoms with Crippen LogP contribution in [0.5, 0.6) is 0 Å². The standard InChI is InChI=1S/C20H22N2O5S/c1-11-9-13-7-5-6-8-14(13)22(11)10-15(23)21-18-16(19(24)26-3)12(2)17(28-18)20(25)27-4/h5-8,11H,9-10H2,1-4H3,(H,21,23)/t11-/m0/s1. The molecule has 8 heteroatoms. The lowest BCUT2D eigenvalue weighted by molar-refractivity contribution is -0.115. The van der Waals surface area contributed by atoms with Crippen LogP contribution in [0.3, 0.4) is 0 Å². The Labute approximate surface area is 167 Å². The van der Waals surface area contributed by atoms with Crippen molar-refractivity contribution in [3.63, 3.8) is 0 Å². The van der Waals surface area contributed by atoms with Crippen molar-refractivity contribution in [2.75, 3.05) is 31.0 Å². The molecule has 0 spiro atoms. The van der Waals surface area contributed by atoms with Crippen LogP contribution in [0.2, 0.25) is 0 Å². The van der Waals surface area contributed by atoms with Gasteiger partial charge < -0.3 is 19.7 Å². The predicted molar refractivity (Wildman–Crippen MR) is 107 cm³/mol.